The Morgan fingerprint density at radius 3 is 2.45 bits per heavy atom. The topological polar surface area (TPSA) is 3.24 Å². The molecule has 0 amide bonds. The van der Waals surface area contributed by atoms with Crippen LogP contribution >= 0.6 is 0 Å². The Kier molecular flexibility index (Phi) is 3.92. The molecular formula is C10H21N. The lowest BCUT2D eigenvalue weighted by atomic mass is 9.94. The molecule has 0 spiro atoms. The van der Waals surface area contributed by atoms with Crippen molar-refractivity contribution in [3.63, 3.8) is 0 Å². The molecule has 0 aromatic carbocycles. The highest BCUT2D eigenvalue weighted by atomic mass is 15.2. The summed E-state index contributed by atoms with van der Waals surface area (Å²) in [6.07, 6.45) is 7.19. The Bertz CT molecular complexity index is 95.0. The Morgan fingerprint density at radius 1 is 1.18 bits per heavy atom. The standard InChI is InChI=1S/C10H21N/c1-3-4-5-6-7-10-8-11(2)9-10/h10H,3-9H2,1-2H3. The van der Waals surface area contributed by atoms with Crippen LogP contribution in [0.2, 0.25) is 0 Å². The third-order valence-electron chi connectivity index (χ3n) is 2.61. The minimum absolute atomic E-state index is 1.04. The molecule has 1 nitrogen and oxygen atoms in total. The van der Waals surface area contributed by atoms with Crippen molar-refractivity contribution in [3.05, 3.63) is 0 Å². The van der Waals surface area contributed by atoms with Gasteiger partial charge in [0.2, 0.25) is 0 Å². The van der Waals surface area contributed by atoms with E-state index in [1.54, 1.807) is 0 Å². The highest BCUT2D eigenvalue weighted by Crippen LogP contribution is 2.19. The Balaban J connectivity index is 1.81. The van der Waals surface area contributed by atoms with Crippen LogP contribution in [0.15, 0.2) is 0 Å². The lowest BCUT2D eigenvalue weighted by Gasteiger charge is -2.36. The second-order valence-electron chi connectivity index (χ2n) is 3.94. The molecule has 1 fully saturated rings. The van der Waals surface area contributed by atoms with Gasteiger partial charge in [0.25, 0.3) is 0 Å². The maximum Gasteiger partial charge on any atom is 0.00190 e. The van der Waals surface area contributed by atoms with E-state index in [0.717, 1.165) is 5.92 Å². The van der Waals surface area contributed by atoms with Crippen molar-refractivity contribution in [2.75, 3.05) is 20.1 Å². The first-order valence-electron chi connectivity index (χ1n) is 5.01. The maximum absolute atomic E-state index is 2.41. The highest BCUT2D eigenvalue weighted by Gasteiger charge is 2.21. The molecule has 11 heavy (non-hydrogen) atoms. The van der Waals surface area contributed by atoms with Gasteiger partial charge >= 0.3 is 0 Å². The maximum atomic E-state index is 2.41. The largest absolute Gasteiger partial charge is 0.306 e. The lowest BCUT2D eigenvalue weighted by Crippen LogP contribution is -2.43. The molecule has 0 N–H and O–H groups in total. The van der Waals surface area contributed by atoms with Crippen molar-refractivity contribution in [2.24, 2.45) is 5.92 Å². The number of hydrogen-bond donors (Lipinski definition) is 0. The van der Waals surface area contributed by atoms with E-state index in [1.807, 2.05) is 0 Å². The van der Waals surface area contributed by atoms with Gasteiger partial charge in [-0.3, -0.25) is 0 Å². The molecule has 0 atom stereocenters. The summed E-state index contributed by atoms with van der Waals surface area (Å²) in [4.78, 5) is 2.41. The van der Waals surface area contributed by atoms with Crippen LogP contribution in [-0.4, -0.2) is 25.0 Å². The van der Waals surface area contributed by atoms with E-state index < -0.39 is 0 Å². The third-order valence-corrected chi connectivity index (χ3v) is 2.61. The van der Waals surface area contributed by atoms with Crippen molar-refractivity contribution in [1.29, 1.82) is 0 Å². The average molecular weight is 155 g/mol. The molecule has 0 radical (unpaired) electrons. The monoisotopic (exact) mass is 155 g/mol. The molecule has 1 heteroatoms. The van der Waals surface area contributed by atoms with Gasteiger partial charge in [-0.05, 0) is 19.4 Å². The highest BCUT2D eigenvalue weighted by molar-refractivity contribution is 4.76. The van der Waals surface area contributed by atoms with Gasteiger partial charge in [-0.2, -0.15) is 0 Å². The summed E-state index contributed by atoms with van der Waals surface area (Å²) in [5, 5.41) is 0. The summed E-state index contributed by atoms with van der Waals surface area (Å²) >= 11 is 0. The van der Waals surface area contributed by atoms with Gasteiger partial charge in [-0.15, -0.1) is 0 Å². The Labute approximate surface area is 70.8 Å². The first-order valence-corrected chi connectivity index (χ1v) is 5.01. The fourth-order valence-corrected chi connectivity index (χ4v) is 1.87. The van der Waals surface area contributed by atoms with Gasteiger partial charge in [0.05, 0.1) is 0 Å². The summed E-state index contributed by atoms with van der Waals surface area (Å²) in [7, 11) is 2.21. The number of rotatable bonds is 5. The van der Waals surface area contributed by atoms with Gasteiger partial charge < -0.3 is 4.90 Å². The summed E-state index contributed by atoms with van der Waals surface area (Å²) in [6, 6.07) is 0. The molecule has 1 saturated heterocycles. The number of likely N-dealkylation sites (tertiary alicyclic amines) is 1. The summed E-state index contributed by atoms with van der Waals surface area (Å²) in [6.45, 7) is 4.98. The fraction of sp³-hybridized carbons (Fsp3) is 1.00. The first-order chi connectivity index (χ1) is 5.33. The molecule has 0 aliphatic carbocycles. The van der Waals surface area contributed by atoms with Crippen LogP contribution in [0.3, 0.4) is 0 Å². The summed E-state index contributed by atoms with van der Waals surface area (Å²) in [5.74, 6) is 1.04. The molecule has 1 rings (SSSR count). The number of unbranched alkanes of at least 4 members (excludes halogenated alkanes) is 3. The predicted molar refractivity (Wildman–Crippen MR) is 49.7 cm³/mol. The van der Waals surface area contributed by atoms with E-state index in [0.29, 0.717) is 0 Å². The minimum Gasteiger partial charge on any atom is -0.306 e. The van der Waals surface area contributed by atoms with Crippen molar-refractivity contribution >= 4 is 0 Å². The second-order valence-corrected chi connectivity index (χ2v) is 3.94. The van der Waals surface area contributed by atoms with Crippen LogP contribution < -0.4 is 0 Å². The summed E-state index contributed by atoms with van der Waals surface area (Å²) < 4.78 is 0. The molecule has 0 bridgehead atoms. The van der Waals surface area contributed by atoms with Crippen LogP contribution in [0.5, 0.6) is 0 Å². The van der Waals surface area contributed by atoms with Crippen molar-refractivity contribution in [2.45, 2.75) is 39.0 Å². The van der Waals surface area contributed by atoms with Gasteiger partial charge in [0, 0.05) is 13.1 Å². The quantitative estimate of drug-likeness (QED) is 0.551. The smallest absolute Gasteiger partial charge is 0.00190 e. The summed E-state index contributed by atoms with van der Waals surface area (Å²) in [5.41, 5.74) is 0. The van der Waals surface area contributed by atoms with E-state index in [-0.39, 0.29) is 0 Å². The van der Waals surface area contributed by atoms with E-state index in [2.05, 4.69) is 18.9 Å². The van der Waals surface area contributed by atoms with Crippen LogP contribution in [0, 0.1) is 5.92 Å². The van der Waals surface area contributed by atoms with Crippen molar-refractivity contribution in [3.8, 4) is 0 Å². The molecule has 0 saturated carbocycles. The zero-order valence-electron chi connectivity index (χ0n) is 7.97. The van der Waals surface area contributed by atoms with Crippen LogP contribution in [0.25, 0.3) is 0 Å². The van der Waals surface area contributed by atoms with Crippen LogP contribution in [0.4, 0.5) is 0 Å². The molecular weight excluding hydrogens is 134 g/mol. The van der Waals surface area contributed by atoms with Gasteiger partial charge in [0.15, 0.2) is 0 Å². The predicted octanol–water partition coefficient (Wildman–Crippen LogP) is 2.52. The zero-order valence-corrected chi connectivity index (χ0v) is 7.97. The minimum atomic E-state index is 1.04. The average Bonchev–Trinajstić information content (AvgIpc) is 1.94. The van der Waals surface area contributed by atoms with Crippen molar-refractivity contribution < 1.29 is 0 Å². The van der Waals surface area contributed by atoms with E-state index >= 15 is 0 Å². The molecule has 0 aromatic heterocycles. The zero-order chi connectivity index (χ0) is 8.10. The van der Waals surface area contributed by atoms with Crippen molar-refractivity contribution in [1.82, 2.24) is 4.90 Å². The third kappa shape index (κ3) is 3.24. The normalized spacial score (nSPS) is 20.2. The molecule has 66 valence electrons. The van der Waals surface area contributed by atoms with E-state index in [4.69, 9.17) is 0 Å². The second kappa shape index (κ2) is 4.76. The Hall–Kier alpha value is -0.0400. The Morgan fingerprint density at radius 2 is 1.91 bits per heavy atom. The van der Waals surface area contributed by atoms with Crippen LogP contribution in [-0.2, 0) is 0 Å². The fourth-order valence-electron chi connectivity index (χ4n) is 1.87. The van der Waals surface area contributed by atoms with E-state index in [1.165, 1.54) is 45.2 Å². The molecule has 1 aliphatic heterocycles. The van der Waals surface area contributed by atoms with Gasteiger partial charge in [-0.25, -0.2) is 0 Å². The van der Waals surface area contributed by atoms with E-state index in [9.17, 15) is 0 Å². The lowest BCUT2D eigenvalue weighted by molar-refractivity contribution is 0.124. The molecule has 0 unspecified atom stereocenters. The molecule has 0 aromatic rings. The van der Waals surface area contributed by atoms with Gasteiger partial charge in [-0.1, -0.05) is 32.6 Å². The first kappa shape index (κ1) is 9.05. The number of nitrogens with zero attached hydrogens (tertiary/aromatic N) is 1. The van der Waals surface area contributed by atoms with Gasteiger partial charge in [0.1, 0.15) is 0 Å². The SMILES string of the molecule is CCCCCCC1CN(C)C1. The molecule has 1 heterocycles. The number of hydrogen-bond acceptors (Lipinski definition) is 1. The molecule has 1 aliphatic rings. The van der Waals surface area contributed by atoms with Crippen LogP contribution in [0.1, 0.15) is 39.0 Å².